The molecule has 1 aromatic heterocycles. The summed E-state index contributed by atoms with van der Waals surface area (Å²) in [4.78, 5) is 11.9. The summed E-state index contributed by atoms with van der Waals surface area (Å²) in [7, 11) is 1.61. The number of fused-ring (bicyclic) bond motifs is 1. The van der Waals surface area contributed by atoms with Crippen LogP contribution in [0, 0.1) is 5.82 Å². The van der Waals surface area contributed by atoms with Crippen molar-refractivity contribution < 1.29 is 13.9 Å². The van der Waals surface area contributed by atoms with Crippen LogP contribution in [0.1, 0.15) is 17.5 Å². The SMILES string of the molecule is COCCNC(=O)CCc1cn(Cc2ccccc2F)c2ccccc12. The number of aryl methyl sites for hydroxylation is 1. The van der Waals surface area contributed by atoms with E-state index in [2.05, 4.69) is 5.32 Å². The average molecular weight is 354 g/mol. The van der Waals surface area contributed by atoms with Gasteiger partial charge >= 0.3 is 0 Å². The molecule has 0 aliphatic carbocycles. The maximum atomic E-state index is 14.0. The van der Waals surface area contributed by atoms with Crippen molar-refractivity contribution in [3.63, 3.8) is 0 Å². The second-order valence-corrected chi connectivity index (χ2v) is 6.23. The van der Waals surface area contributed by atoms with Crippen molar-refractivity contribution in [3.05, 3.63) is 71.7 Å². The number of benzene rings is 2. The Morgan fingerprint density at radius 1 is 1.12 bits per heavy atom. The quantitative estimate of drug-likeness (QED) is 0.629. The molecule has 3 rings (SSSR count). The topological polar surface area (TPSA) is 43.3 Å². The van der Waals surface area contributed by atoms with Crippen LogP contribution in [0.5, 0.6) is 0 Å². The number of para-hydroxylation sites is 1. The largest absolute Gasteiger partial charge is 0.383 e. The molecular weight excluding hydrogens is 331 g/mol. The van der Waals surface area contributed by atoms with Gasteiger partial charge in [0.15, 0.2) is 0 Å². The lowest BCUT2D eigenvalue weighted by atomic mass is 10.1. The van der Waals surface area contributed by atoms with E-state index < -0.39 is 0 Å². The van der Waals surface area contributed by atoms with E-state index in [1.165, 1.54) is 6.07 Å². The number of aromatic nitrogens is 1. The van der Waals surface area contributed by atoms with Gasteiger partial charge in [-0.3, -0.25) is 4.79 Å². The van der Waals surface area contributed by atoms with E-state index in [1.807, 2.05) is 41.1 Å². The van der Waals surface area contributed by atoms with Gasteiger partial charge in [0.2, 0.25) is 5.91 Å². The number of hydrogen-bond donors (Lipinski definition) is 1. The molecule has 2 aromatic carbocycles. The third kappa shape index (κ3) is 4.29. The maximum Gasteiger partial charge on any atom is 0.220 e. The van der Waals surface area contributed by atoms with Crippen LogP contribution < -0.4 is 5.32 Å². The van der Waals surface area contributed by atoms with Crippen LogP contribution in [0.3, 0.4) is 0 Å². The molecule has 136 valence electrons. The predicted molar refractivity (Wildman–Crippen MR) is 101 cm³/mol. The van der Waals surface area contributed by atoms with Crippen molar-refractivity contribution in [1.29, 1.82) is 0 Å². The third-order valence-corrected chi connectivity index (χ3v) is 4.42. The Morgan fingerprint density at radius 3 is 2.69 bits per heavy atom. The van der Waals surface area contributed by atoms with Crippen LogP contribution in [-0.2, 0) is 22.5 Å². The molecule has 0 saturated heterocycles. The summed E-state index contributed by atoms with van der Waals surface area (Å²) >= 11 is 0. The summed E-state index contributed by atoms with van der Waals surface area (Å²) in [6, 6.07) is 14.8. The number of rotatable bonds is 8. The van der Waals surface area contributed by atoms with Crippen LogP contribution in [-0.4, -0.2) is 30.7 Å². The van der Waals surface area contributed by atoms with E-state index in [0.29, 0.717) is 38.1 Å². The Labute approximate surface area is 152 Å². The lowest BCUT2D eigenvalue weighted by molar-refractivity contribution is -0.121. The highest BCUT2D eigenvalue weighted by atomic mass is 19.1. The summed E-state index contributed by atoms with van der Waals surface area (Å²) < 4.78 is 21.0. The number of hydrogen-bond acceptors (Lipinski definition) is 2. The number of halogens is 1. The van der Waals surface area contributed by atoms with Gasteiger partial charge < -0.3 is 14.6 Å². The monoisotopic (exact) mass is 354 g/mol. The molecular formula is C21H23FN2O2. The van der Waals surface area contributed by atoms with E-state index in [9.17, 15) is 9.18 Å². The van der Waals surface area contributed by atoms with Gasteiger partial charge in [-0.05, 0) is 24.1 Å². The minimum Gasteiger partial charge on any atom is -0.383 e. The van der Waals surface area contributed by atoms with Crippen LogP contribution in [0.15, 0.2) is 54.7 Å². The van der Waals surface area contributed by atoms with Crippen molar-refractivity contribution >= 4 is 16.8 Å². The van der Waals surface area contributed by atoms with Gasteiger partial charge in [0.05, 0.1) is 13.2 Å². The second kappa shape index (κ2) is 8.63. The summed E-state index contributed by atoms with van der Waals surface area (Å²) in [5.74, 6) is -0.197. The van der Waals surface area contributed by atoms with E-state index in [1.54, 1.807) is 19.2 Å². The number of nitrogens with zero attached hydrogens (tertiary/aromatic N) is 1. The molecule has 0 fully saturated rings. The van der Waals surface area contributed by atoms with Crippen molar-refractivity contribution in [1.82, 2.24) is 9.88 Å². The molecule has 3 aromatic rings. The summed E-state index contributed by atoms with van der Waals surface area (Å²) in [5.41, 5.74) is 2.79. The van der Waals surface area contributed by atoms with Gasteiger partial charge in [0.25, 0.3) is 0 Å². The third-order valence-electron chi connectivity index (χ3n) is 4.42. The molecule has 0 bridgehead atoms. The fraction of sp³-hybridized carbons (Fsp3) is 0.286. The van der Waals surface area contributed by atoms with Gasteiger partial charge in [-0.15, -0.1) is 0 Å². The first-order valence-electron chi connectivity index (χ1n) is 8.75. The minimum absolute atomic E-state index is 0.00739. The number of nitrogens with one attached hydrogen (secondary N) is 1. The van der Waals surface area contributed by atoms with Crippen LogP contribution in [0.25, 0.3) is 10.9 Å². The number of carbonyl (C=O) groups is 1. The fourth-order valence-corrected chi connectivity index (χ4v) is 3.09. The van der Waals surface area contributed by atoms with E-state index >= 15 is 0 Å². The molecule has 0 spiro atoms. The highest BCUT2D eigenvalue weighted by Gasteiger charge is 2.11. The summed E-state index contributed by atoms with van der Waals surface area (Å²) in [6.45, 7) is 1.49. The molecule has 0 unspecified atom stereocenters. The molecule has 1 amide bonds. The minimum atomic E-state index is -0.204. The van der Waals surface area contributed by atoms with Crippen LogP contribution in [0.2, 0.25) is 0 Å². The normalized spacial score (nSPS) is 11.0. The molecule has 26 heavy (non-hydrogen) atoms. The Balaban J connectivity index is 1.77. The Morgan fingerprint density at radius 2 is 1.88 bits per heavy atom. The zero-order valence-corrected chi connectivity index (χ0v) is 14.9. The lowest BCUT2D eigenvalue weighted by Gasteiger charge is -2.06. The Kier molecular flexibility index (Phi) is 6.02. The van der Waals surface area contributed by atoms with Crippen molar-refractivity contribution in [2.75, 3.05) is 20.3 Å². The number of amides is 1. The molecule has 0 saturated carbocycles. The molecule has 1 heterocycles. The first kappa shape index (κ1) is 18.1. The molecule has 0 radical (unpaired) electrons. The highest BCUT2D eigenvalue weighted by Crippen LogP contribution is 2.24. The van der Waals surface area contributed by atoms with Crippen LogP contribution >= 0.6 is 0 Å². The Bertz CT molecular complexity index is 889. The van der Waals surface area contributed by atoms with Crippen molar-refractivity contribution in [2.24, 2.45) is 0 Å². The number of ether oxygens (including phenoxy) is 1. The molecule has 1 N–H and O–H groups in total. The smallest absolute Gasteiger partial charge is 0.220 e. The molecule has 0 atom stereocenters. The predicted octanol–water partition coefficient (Wildman–Crippen LogP) is 3.52. The summed E-state index contributed by atoms with van der Waals surface area (Å²) in [5, 5.41) is 3.94. The van der Waals surface area contributed by atoms with Gasteiger partial charge in [-0.1, -0.05) is 36.4 Å². The lowest BCUT2D eigenvalue weighted by Crippen LogP contribution is -2.27. The average Bonchev–Trinajstić information content (AvgIpc) is 3.00. The fourth-order valence-electron chi connectivity index (χ4n) is 3.09. The van der Waals surface area contributed by atoms with Crippen molar-refractivity contribution in [2.45, 2.75) is 19.4 Å². The molecule has 4 nitrogen and oxygen atoms in total. The standard InChI is InChI=1S/C21H23FN2O2/c1-26-13-12-23-21(25)11-10-16-14-24(20-9-5-3-7-18(16)20)15-17-6-2-4-8-19(17)22/h2-9,14H,10-13,15H2,1H3,(H,23,25). The Hall–Kier alpha value is -2.66. The number of methoxy groups -OCH3 is 1. The zero-order chi connectivity index (χ0) is 18.4. The van der Waals surface area contributed by atoms with E-state index in [0.717, 1.165) is 16.5 Å². The van der Waals surface area contributed by atoms with E-state index in [-0.39, 0.29) is 11.7 Å². The van der Waals surface area contributed by atoms with Gasteiger partial charge in [0.1, 0.15) is 5.82 Å². The van der Waals surface area contributed by atoms with Gasteiger partial charge in [0, 0.05) is 42.7 Å². The molecule has 0 aliphatic rings. The van der Waals surface area contributed by atoms with Gasteiger partial charge in [-0.25, -0.2) is 4.39 Å². The molecule has 0 aliphatic heterocycles. The van der Waals surface area contributed by atoms with E-state index in [4.69, 9.17) is 4.74 Å². The second-order valence-electron chi connectivity index (χ2n) is 6.23. The first-order valence-corrected chi connectivity index (χ1v) is 8.75. The maximum absolute atomic E-state index is 14.0. The van der Waals surface area contributed by atoms with Crippen LogP contribution in [0.4, 0.5) is 4.39 Å². The van der Waals surface area contributed by atoms with Gasteiger partial charge in [-0.2, -0.15) is 0 Å². The molecule has 5 heteroatoms. The van der Waals surface area contributed by atoms with Crippen molar-refractivity contribution in [3.8, 4) is 0 Å². The number of carbonyl (C=O) groups excluding carboxylic acids is 1. The highest BCUT2D eigenvalue weighted by molar-refractivity contribution is 5.85. The zero-order valence-electron chi connectivity index (χ0n) is 14.9. The first-order chi connectivity index (χ1) is 12.7. The summed E-state index contributed by atoms with van der Waals surface area (Å²) in [6.07, 6.45) is 3.08.